The summed E-state index contributed by atoms with van der Waals surface area (Å²) in [6, 6.07) is 3.82. The molecular formula is C15H19NO4. The van der Waals surface area contributed by atoms with Crippen LogP contribution < -0.4 is 0 Å². The van der Waals surface area contributed by atoms with E-state index in [-0.39, 0.29) is 19.0 Å². The molecule has 0 bridgehead atoms. The summed E-state index contributed by atoms with van der Waals surface area (Å²) in [5, 5.41) is 18.8. The number of amides is 1. The maximum absolute atomic E-state index is 11.9. The van der Waals surface area contributed by atoms with Crippen molar-refractivity contribution >= 4 is 12.0 Å². The molecule has 2 aliphatic rings. The molecule has 20 heavy (non-hydrogen) atoms. The topological polar surface area (TPSA) is 73.9 Å². The molecular weight excluding hydrogens is 258 g/mol. The second-order valence-electron chi connectivity index (χ2n) is 5.77. The molecule has 2 heterocycles. The molecule has 2 unspecified atom stereocenters. The number of β-amino-alcohol motifs (C(OH)–C–C–N with tert-alkyl or cyclic N) is 2. The van der Waals surface area contributed by atoms with Gasteiger partial charge in [0.25, 0.3) is 0 Å². The molecule has 1 aromatic rings. The molecule has 108 valence electrons. The second-order valence-corrected chi connectivity index (χ2v) is 5.77. The number of furan rings is 1. The minimum absolute atomic E-state index is 0.174. The fraction of sp³-hybridized carbons (Fsp3) is 0.533. The largest absolute Gasteiger partial charge is 0.461 e. The molecule has 2 fully saturated rings. The van der Waals surface area contributed by atoms with Gasteiger partial charge < -0.3 is 19.5 Å². The maximum Gasteiger partial charge on any atom is 0.246 e. The van der Waals surface area contributed by atoms with E-state index in [1.54, 1.807) is 6.08 Å². The average Bonchev–Trinajstić information content (AvgIpc) is 2.85. The summed E-state index contributed by atoms with van der Waals surface area (Å²) < 4.78 is 5.68. The molecule has 1 aliphatic carbocycles. The molecule has 0 aromatic carbocycles. The lowest BCUT2D eigenvalue weighted by Crippen LogP contribution is -2.27. The van der Waals surface area contributed by atoms with Gasteiger partial charge in [-0.15, -0.1) is 0 Å². The molecule has 0 radical (unpaired) electrons. The Labute approximate surface area is 117 Å². The van der Waals surface area contributed by atoms with Crippen molar-refractivity contribution in [3.63, 3.8) is 0 Å². The fourth-order valence-corrected chi connectivity index (χ4v) is 2.58. The zero-order valence-corrected chi connectivity index (χ0v) is 11.4. The Morgan fingerprint density at radius 2 is 2.00 bits per heavy atom. The summed E-state index contributed by atoms with van der Waals surface area (Å²) in [5.41, 5.74) is 0. The van der Waals surface area contributed by atoms with Crippen LogP contribution in [0.25, 0.3) is 6.08 Å². The van der Waals surface area contributed by atoms with Gasteiger partial charge in [-0.05, 0) is 30.5 Å². The quantitative estimate of drug-likeness (QED) is 0.808. The number of hydrogen-bond acceptors (Lipinski definition) is 4. The molecule has 4 atom stereocenters. The third kappa shape index (κ3) is 2.64. The van der Waals surface area contributed by atoms with Crippen molar-refractivity contribution in [1.82, 2.24) is 4.90 Å². The van der Waals surface area contributed by atoms with E-state index in [9.17, 15) is 15.0 Å². The molecule has 0 spiro atoms. The van der Waals surface area contributed by atoms with Crippen LogP contribution in [-0.4, -0.2) is 46.3 Å². The normalized spacial score (nSPS) is 33.0. The Morgan fingerprint density at radius 1 is 1.35 bits per heavy atom. The van der Waals surface area contributed by atoms with Crippen LogP contribution in [0.5, 0.6) is 0 Å². The van der Waals surface area contributed by atoms with E-state index in [4.69, 9.17) is 4.42 Å². The molecule has 1 amide bonds. The van der Waals surface area contributed by atoms with Crippen molar-refractivity contribution in [2.45, 2.75) is 31.5 Å². The predicted molar refractivity (Wildman–Crippen MR) is 72.9 cm³/mol. The molecule has 1 aromatic heterocycles. The Balaban J connectivity index is 1.59. The summed E-state index contributed by atoms with van der Waals surface area (Å²) in [5.74, 6) is 2.63. The van der Waals surface area contributed by atoms with Crippen molar-refractivity contribution in [2.24, 2.45) is 5.92 Å². The Bertz CT molecular complexity index is 526. The highest BCUT2D eigenvalue weighted by atomic mass is 16.3. The van der Waals surface area contributed by atoms with Crippen LogP contribution in [-0.2, 0) is 4.79 Å². The van der Waals surface area contributed by atoms with E-state index in [0.717, 1.165) is 5.76 Å². The van der Waals surface area contributed by atoms with Crippen molar-refractivity contribution in [1.29, 1.82) is 0 Å². The van der Waals surface area contributed by atoms with Crippen molar-refractivity contribution in [3.05, 3.63) is 29.7 Å². The van der Waals surface area contributed by atoms with Crippen molar-refractivity contribution < 1.29 is 19.4 Å². The van der Waals surface area contributed by atoms with Crippen LogP contribution in [0.15, 0.2) is 22.6 Å². The van der Waals surface area contributed by atoms with Gasteiger partial charge in [-0.2, -0.15) is 0 Å². The van der Waals surface area contributed by atoms with Gasteiger partial charge >= 0.3 is 0 Å². The van der Waals surface area contributed by atoms with Crippen molar-refractivity contribution in [3.8, 4) is 0 Å². The van der Waals surface area contributed by atoms with Gasteiger partial charge in [-0.25, -0.2) is 0 Å². The van der Waals surface area contributed by atoms with Crippen LogP contribution >= 0.6 is 0 Å². The van der Waals surface area contributed by atoms with Gasteiger partial charge in [0, 0.05) is 25.1 Å². The zero-order chi connectivity index (χ0) is 14.3. The van der Waals surface area contributed by atoms with Crippen LogP contribution in [0.4, 0.5) is 0 Å². The highest BCUT2D eigenvalue weighted by Crippen LogP contribution is 2.47. The number of carbonyl (C=O) groups excluding carboxylic acids is 1. The molecule has 1 saturated heterocycles. The van der Waals surface area contributed by atoms with Gasteiger partial charge in [0.1, 0.15) is 11.5 Å². The lowest BCUT2D eigenvalue weighted by molar-refractivity contribution is -0.125. The SMILES string of the molecule is CC1CC1c1ccc(C=CC(=O)N2C[C@@H](O)[C@@H](O)C2)o1. The van der Waals surface area contributed by atoms with Crippen LogP contribution in [0.2, 0.25) is 0 Å². The van der Waals surface area contributed by atoms with E-state index in [0.29, 0.717) is 17.6 Å². The molecule has 1 aliphatic heterocycles. The number of aliphatic hydroxyl groups excluding tert-OH is 2. The van der Waals surface area contributed by atoms with E-state index < -0.39 is 12.2 Å². The number of nitrogens with zero attached hydrogens (tertiary/aromatic N) is 1. The molecule has 3 rings (SSSR count). The lowest BCUT2D eigenvalue weighted by atomic mass is 10.3. The van der Waals surface area contributed by atoms with Gasteiger partial charge in [0.2, 0.25) is 5.91 Å². The summed E-state index contributed by atoms with van der Waals surface area (Å²) in [7, 11) is 0. The third-order valence-electron chi connectivity index (χ3n) is 4.08. The number of hydrogen-bond donors (Lipinski definition) is 2. The van der Waals surface area contributed by atoms with Crippen LogP contribution in [0.1, 0.15) is 30.8 Å². The monoisotopic (exact) mass is 277 g/mol. The number of carbonyl (C=O) groups is 1. The first-order valence-electron chi connectivity index (χ1n) is 6.97. The first-order chi connectivity index (χ1) is 9.54. The summed E-state index contributed by atoms with van der Waals surface area (Å²) in [6.45, 7) is 2.54. The van der Waals surface area contributed by atoms with E-state index >= 15 is 0 Å². The molecule has 1 saturated carbocycles. The smallest absolute Gasteiger partial charge is 0.246 e. The Hall–Kier alpha value is -1.59. The van der Waals surface area contributed by atoms with Gasteiger partial charge in [0.05, 0.1) is 12.2 Å². The first-order valence-corrected chi connectivity index (χ1v) is 6.97. The lowest BCUT2D eigenvalue weighted by Gasteiger charge is -2.11. The average molecular weight is 277 g/mol. The maximum atomic E-state index is 11.9. The summed E-state index contributed by atoms with van der Waals surface area (Å²) in [4.78, 5) is 13.3. The summed E-state index contributed by atoms with van der Waals surface area (Å²) in [6.07, 6.45) is 2.52. The van der Waals surface area contributed by atoms with Crippen LogP contribution in [0, 0.1) is 5.92 Å². The summed E-state index contributed by atoms with van der Waals surface area (Å²) >= 11 is 0. The van der Waals surface area contributed by atoms with E-state index in [1.807, 2.05) is 12.1 Å². The van der Waals surface area contributed by atoms with Crippen molar-refractivity contribution in [2.75, 3.05) is 13.1 Å². The Morgan fingerprint density at radius 3 is 2.60 bits per heavy atom. The number of likely N-dealkylation sites (tertiary alicyclic amines) is 1. The minimum atomic E-state index is -0.848. The molecule has 5 heteroatoms. The minimum Gasteiger partial charge on any atom is -0.461 e. The predicted octanol–water partition coefficient (Wildman–Crippen LogP) is 0.980. The highest BCUT2D eigenvalue weighted by Gasteiger charge is 2.36. The number of rotatable bonds is 3. The highest BCUT2D eigenvalue weighted by molar-refractivity contribution is 5.91. The zero-order valence-electron chi connectivity index (χ0n) is 11.4. The van der Waals surface area contributed by atoms with Crippen LogP contribution in [0.3, 0.4) is 0 Å². The second kappa shape index (κ2) is 5.07. The fourth-order valence-electron chi connectivity index (χ4n) is 2.58. The van der Waals surface area contributed by atoms with E-state index in [1.165, 1.54) is 17.4 Å². The van der Waals surface area contributed by atoms with E-state index in [2.05, 4.69) is 6.92 Å². The number of aliphatic hydroxyl groups is 2. The molecule has 5 nitrogen and oxygen atoms in total. The van der Waals surface area contributed by atoms with Gasteiger partial charge in [0.15, 0.2) is 0 Å². The molecule has 2 N–H and O–H groups in total. The standard InChI is InChI=1S/C15H19NO4/c1-9-6-11(9)14-4-2-10(20-14)3-5-15(19)16-7-12(17)13(18)8-16/h2-5,9,11-13,17-18H,6-8H2,1H3/t9?,11?,12-,13+. The Kier molecular flexibility index (Phi) is 3.40. The van der Waals surface area contributed by atoms with Gasteiger partial charge in [-0.3, -0.25) is 4.79 Å². The van der Waals surface area contributed by atoms with Gasteiger partial charge in [-0.1, -0.05) is 6.92 Å². The first kappa shape index (κ1) is 13.4. The third-order valence-corrected chi connectivity index (χ3v) is 4.08.